The number of nitrogens with one attached hydrogen (secondary N) is 1. The van der Waals surface area contributed by atoms with Gasteiger partial charge in [0, 0.05) is 43.3 Å². The third kappa shape index (κ3) is 2.94. The van der Waals surface area contributed by atoms with Gasteiger partial charge in [-0.25, -0.2) is 0 Å². The van der Waals surface area contributed by atoms with Crippen LogP contribution in [0.25, 0.3) is 10.9 Å². The Kier molecular flexibility index (Phi) is 3.49. The molecule has 0 spiro atoms. The summed E-state index contributed by atoms with van der Waals surface area (Å²) in [7, 11) is 0. The number of hydrogen-bond donors (Lipinski definition) is 1. The Bertz CT molecular complexity index is 579. The fourth-order valence-electron chi connectivity index (χ4n) is 2.79. The standard InChI is InChI=1S/C16H21N3/c1-12-3-5-15-9-14(4-6-16(15)18-12)11-19-8-7-17-13(2)10-19/h3-6,9,13,17H,7-8,10-11H2,1-2H3/t13-/m1/s1. The molecule has 0 unspecified atom stereocenters. The highest BCUT2D eigenvalue weighted by Crippen LogP contribution is 2.16. The van der Waals surface area contributed by atoms with Crippen LogP contribution in [-0.4, -0.2) is 35.6 Å². The first kappa shape index (κ1) is 12.6. The summed E-state index contributed by atoms with van der Waals surface area (Å²) >= 11 is 0. The molecule has 1 N–H and O–H groups in total. The van der Waals surface area contributed by atoms with Crippen molar-refractivity contribution in [1.82, 2.24) is 15.2 Å². The molecule has 2 aromatic rings. The molecule has 1 fully saturated rings. The lowest BCUT2D eigenvalue weighted by atomic mass is 10.1. The van der Waals surface area contributed by atoms with Crippen LogP contribution in [0.1, 0.15) is 18.2 Å². The van der Waals surface area contributed by atoms with Gasteiger partial charge in [0.2, 0.25) is 0 Å². The fraction of sp³-hybridized carbons (Fsp3) is 0.438. The average molecular weight is 255 g/mol. The third-order valence-electron chi connectivity index (χ3n) is 3.75. The van der Waals surface area contributed by atoms with Crippen LogP contribution in [0.4, 0.5) is 0 Å². The molecule has 3 heteroatoms. The molecule has 0 radical (unpaired) electrons. The number of aryl methyl sites for hydroxylation is 1. The molecule has 1 aliphatic heterocycles. The van der Waals surface area contributed by atoms with Crippen molar-refractivity contribution in [3.8, 4) is 0 Å². The van der Waals surface area contributed by atoms with Gasteiger partial charge >= 0.3 is 0 Å². The van der Waals surface area contributed by atoms with Gasteiger partial charge in [-0.05, 0) is 37.6 Å². The van der Waals surface area contributed by atoms with Crippen LogP contribution < -0.4 is 5.32 Å². The van der Waals surface area contributed by atoms with Gasteiger partial charge in [-0.1, -0.05) is 12.1 Å². The number of rotatable bonds is 2. The van der Waals surface area contributed by atoms with Crippen molar-refractivity contribution in [2.45, 2.75) is 26.4 Å². The van der Waals surface area contributed by atoms with Crippen molar-refractivity contribution < 1.29 is 0 Å². The van der Waals surface area contributed by atoms with E-state index in [4.69, 9.17) is 0 Å². The molecule has 3 rings (SSSR count). The number of piperazine rings is 1. The number of nitrogens with zero attached hydrogens (tertiary/aromatic N) is 2. The minimum atomic E-state index is 0.596. The summed E-state index contributed by atoms with van der Waals surface area (Å²) in [6, 6.07) is 11.5. The van der Waals surface area contributed by atoms with Crippen LogP contribution in [0.2, 0.25) is 0 Å². The summed E-state index contributed by atoms with van der Waals surface area (Å²) in [5, 5.41) is 4.72. The van der Waals surface area contributed by atoms with E-state index in [1.807, 2.05) is 6.92 Å². The van der Waals surface area contributed by atoms with Gasteiger partial charge in [0.25, 0.3) is 0 Å². The van der Waals surface area contributed by atoms with E-state index in [9.17, 15) is 0 Å². The maximum absolute atomic E-state index is 4.55. The topological polar surface area (TPSA) is 28.2 Å². The minimum Gasteiger partial charge on any atom is -0.312 e. The summed E-state index contributed by atoms with van der Waals surface area (Å²) < 4.78 is 0. The molecule has 2 heterocycles. The zero-order valence-corrected chi connectivity index (χ0v) is 11.7. The van der Waals surface area contributed by atoms with E-state index in [0.29, 0.717) is 6.04 Å². The van der Waals surface area contributed by atoms with Gasteiger partial charge in [0.15, 0.2) is 0 Å². The quantitative estimate of drug-likeness (QED) is 0.892. The highest BCUT2D eigenvalue weighted by Gasteiger charge is 2.15. The summed E-state index contributed by atoms with van der Waals surface area (Å²) in [6.07, 6.45) is 0. The van der Waals surface area contributed by atoms with Crippen molar-refractivity contribution in [3.05, 3.63) is 41.6 Å². The van der Waals surface area contributed by atoms with Gasteiger partial charge in [0.1, 0.15) is 0 Å². The Hall–Kier alpha value is -1.45. The van der Waals surface area contributed by atoms with Crippen LogP contribution in [0.15, 0.2) is 30.3 Å². The highest BCUT2D eigenvalue weighted by atomic mass is 15.2. The van der Waals surface area contributed by atoms with Crippen LogP contribution in [-0.2, 0) is 6.54 Å². The molecule has 0 bridgehead atoms. The van der Waals surface area contributed by atoms with E-state index >= 15 is 0 Å². The first-order chi connectivity index (χ1) is 9.20. The number of benzene rings is 1. The fourth-order valence-corrected chi connectivity index (χ4v) is 2.79. The van der Waals surface area contributed by atoms with Crippen molar-refractivity contribution >= 4 is 10.9 Å². The Morgan fingerprint density at radius 3 is 3.05 bits per heavy atom. The van der Waals surface area contributed by atoms with E-state index in [-0.39, 0.29) is 0 Å². The van der Waals surface area contributed by atoms with Crippen molar-refractivity contribution in [1.29, 1.82) is 0 Å². The maximum Gasteiger partial charge on any atom is 0.0705 e. The van der Waals surface area contributed by atoms with E-state index in [1.165, 1.54) is 10.9 Å². The molecule has 1 aromatic carbocycles. The maximum atomic E-state index is 4.55. The number of pyridine rings is 1. The van der Waals surface area contributed by atoms with Gasteiger partial charge in [0.05, 0.1) is 5.52 Å². The average Bonchev–Trinajstić information content (AvgIpc) is 2.39. The second-order valence-corrected chi connectivity index (χ2v) is 5.57. The zero-order valence-electron chi connectivity index (χ0n) is 11.7. The number of fused-ring (bicyclic) bond motifs is 1. The van der Waals surface area contributed by atoms with Gasteiger partial charge < -0.3 is 5.32 Å². The Balaban J connectivity index is 1.79. The lowest BCUT2D eigenvalue weighted by Gasteiger charge is -2.31. The molecule has 100 valence electrons. The molecule has 3 nitrogen and oxygen atoms in total. The molecular formula is C16H21N3. The highest BCUT2D eigenvalue weighted by molar-refractivity contribution is 5.79. The third-order valence-corrected chi connectivity index (χ3v) is 3.75. The number of aromatic nitrogens is 1. The van der Waals surface area contributed by atoms with Crippen LogP contribution in [0, 0.1) is 6.92 Å². The molecule has 1 saturated heterocycles. The van der Waals surface area contributed by atoms with Gasteiger partial charge in [-0.2, -0.15) is 0 Å². The largest absolute Gasteiger partial charge is 0.312 e. The summed E-state index contributed by atoms with van der Waals surface area (Å²) in [6.45, 7) is 8.68. The van der Waals surface area contributed by atoms with E-state index in [2.05, 4.69) is 52.5 Å². The Morgan fingerprint density at radius 1 is 1.32 bits per heavy atom. The van der Waals surface area contributed by atoms with E-state index in [0.717, 1.165) is 37.4 Å². The van der Waals surface area contributed by atoms with E-state index < -0.39 is 0 Å². The normalized spacial score (nSPS) is 20.8. The minimum absolute atomic E-state index is 0.596. The van der Waals surface area contributed by atoms with Gasteiger partial charge in [-0.3, -0.25) is 9.88 Å². The summed E-state index contributed by atoms with van der Waals surface area (Å²) in [4.78, 5) is 7.07. The van der Waals surface area contributed by atoms with Crippen LogP contribution in [0.3, 0.4) is 0 Å². The Morgan fingerprint density at radius 2 is 2.21 bits per heavy atom. The molecule has 0 saturated carbocycles. The Labute approximate surface area is 114 Å². The van der Waals surface area contributed by atoms with Crippen molar-refractivity contribution in [2.24, 2.45) is 0 Å². The monoisotopic (exact) mass is 255 g/mol. The lowest BCUT2D eigenvalue weighted by molar-refractivity contribution is 0.200. The predicted octanol–water partition coefficient (Wildman–Crippen LogP) is 2.34. The second kappa shape index (κ2) is 5.27. The zero-order chi connectivity index (χ0) is 13.2. The second-order valence-electron chi connectivity index (χ2n) is 5.57. The number of hydrogen-bond acceptors (Lipinski definition) is 3. The molecule has 19 heavy (non-hydrogen) atoms. The summed E-state index contributed by atoms with van der Waals surface area (Å²) in [5.41, 5.74) is 3.56. The molecule has 1 atom stereocenters. The molecule has 0 aliphatic carbocycles. The first-order valence-electron chi connectivity index (χ1n) is 7.03. The summed E-state index contributed by atoms with van der Waals surface area (Å²) in [5.74, 6) is 0. The smallest absolute Gasteiger partial charge is 0.0705 e. The van der Waals surface area contributed by atoms with Crippen molar-refractivity contribution in [3.63, 3.8) is 0 Å². The van der Waals surface area contributed by atoms with Crippen LogP contribution >= 0.6 is 0 Å². The molecule has 0 amide bonds. The molecule has 1 aliphatic rings. The van der Waals surface area contributed by atoms with Crippen molar-refractivity contribution in [2.75, 3.05) is 19.6 Å². The SMILES string of the molecule is Cc1ccc2cc(CN3CCN[C@H](C)C3)ccc2n1. The lowest BCUT2D eigenvalue weighted by Crippen LogP contribution is -2.48. The van der Waals surface area contributed by atoms with Crippen LogP contribution in [0.5, 0.6) is 0 Å². The molecule has 1 aromatic heterocycles. The first-order valence-corrected chi connectivity index (χ1v) is 7.03. The predicted molar refractivity (Wildman–Crippen MR) is 79.2 cm³/mol. The molecular weight excluding hydrogens is 234 g/mol. The van der Waals surface area contributed by atoms with Gasteiger partial charge in [-0.15, -0.1) is 0 Å². The van der Waals surface area contributed by atoms with E-state index in [1.54, 1.807) is 0 Å².